The summed E-state index contributed by atoms with van der Waals surface area (Å²) in [6.45, 7) is 3.16. The Labute approximate surface area is 240 Å². The third-order valence-electron chi connectivity index (χ3n) is 6.55. The molecule has 1 aliphatic heterocycles. The van der Waals surface area contributed by atoms with E-state index in [1.54, 1.807) is 31.2 Å². The molecule has 0 saturated carbocycles. The number of carbonyl (C=O) groups is 2. The molecule has 0 unspecified atom stereocenters. The van der Waals surface area contributed by atoms with E-state index in [0.29, 0.717) is 30.0 Å². The smallest absolute Gasteiger partial charge is 0.343 e. The Kier molecular flexibility index (Phi) is 9.06. The number of nitriles is 1. The summed E-state index contributed by atoms with van der Waals surface area (Å²) in [5.41, 5.74) is -1.05. The van der Waals surface area contributed by atoms with Crippen LogP contribution in [-0.2, 0) is 15.8 Å². The van der Waals surface area contributed by atoms with Gasteiger partial charge in [0.2, 0.25) is 5.91 Å². The zero-order valence-electron chi connectivity index (χ0n) is 22.8. The second-order valence-corrected chi connectivity index (χ2v) is 9.48. The first-order chi connectivity index (χ1) is 20.0. The number of nitrogens with one attached hydrogen (secondary N) is 1. The molecule has 2 amide bonds. The highest BCUT2D eigenvalue weighted by Crippen LogP contribution is 2.38. The first kappa shape index (κ1) is 30.0. The normalized spacial score (nSPS) is 14.5. The molecule has 42 heavy (non-hydrogen) atoms. The molecular weight excluding hydrogens is 552 g/mol. The van der Waals surface area contributed by atoms with E-state index in [-0.39, 0.29) is 36.9 Å². The summed E-state index contributed by atoms with van der Waals surface area (Å²) in [6, 6.07) is 11.6. The van der Waals surface area contributed by atoms with E-state index in [2.05, 4.69) is 27.1 Å². The fourth-order valence-electron chi connectivity index (χ4n) is 4.59. The van der Waals surface area contributed by atoms with Crippen molar-refractivity contribution in [1.29, 1.82) is 5.26 Å². The van der Waals surface area contributed by atoms with Crippen molar-refractivity contribution in [2.45, 2.75) is 45.3 Å². The molecule has 12 heteroatoms. The van der Waals surface area contributed by atoms with Crippen LogP contribution in [0.4, 0.5) is 34.9 Å². The Bertz CT molecular complexity index is 1590. The molecule has 0 aliphatic carbocycles. The molecule has 1 N–H and O–H groups in total. The molecule has 1 atom stereocenters. The molecule has 8 nitrogen and oxygen atoms in total. The highest BCUT2D eigenvalue weighted by Gasteiger charge is 2.40. The third kappa shape index (κ3) is 6.84. The molecule has 3 aromatic rings. The summed E-state index contributed by atoms with van der Waals surface area (Å²) in [7, 11) is 0. The van der Waals surface area contributed by atoms with Crippen LogP contribution in [0.5, 0.6) is 0 Å². The average Bonchev–Trinajstić information content (AvgIpc) is 3.45. The fraction of sp³-hybridized carbons (Fsp3) is 0.300. The van der Waals surface area contributed by atoms with Crippen LogP contribution in [0.3, 0.4) is 0 Å². The third-order valence-corrected chi connectivity index (χ3v) is 6.55. The monoisotopic (exact) mass is 578 g/mol. The van der Waals surface area contributed by atoms with Gasteiger partial charge in [-0.25, -0.2) is 14.4 Å². The van der Waals surface area contributed by atoms with Crippen molar-refractivity contribution in [3.63, 3.8) is 0 Å². The maximum atomic E-state index is 14.0. The molecule has 0 bridgehead atoms. The molecule has 4 rings (SSSR count). The fourth-order valence-corrected chi connectivity index (χ4v) is 4.59. The predicted octanol–water partition coefficient (Wildman–Crippen LogP) is 5.22. The van der Waals surface area contributed by atoms with E-state index in [4.69, 9.17) is 0 Å². The summed E-state index contributed by atoms with van der Waals surface area (Å²) < 4.78 is 55.0. The van der Waals surface area contributed by atoms with Gasteiger partial charge in [0.15, 0.2) is 0 Å². The van der Waals surface area contributed by atoms with Crippen molar-refractivity contribution in [2.75, 3.05) is 28.2 Å². The van der Waals surface area contributed by atoms with E-state index in [0.717, 1.165) is 6.07 Å². The lowest BCUT2D eigenvalue weighted by atomic mass is 10.1. The van der Waals surface area contributed by atoms with Crippen molar-refractivity contribution >= 4 is 29.1 Å². The van der Waals surface area contributed by atoms with Crippen LogP contribution >= 0.6 is 0 Å². The lowest BCUT2D eigenvalue weighted by molar-refractivity contribution is -0.137. The first-order valence-electron chi connectivity index (χ1n) is 13.1. The molecule has 3 heterocycles. The molecule has 0 spiro atoms. The lowest BCUT2D eigenvalue weighted by Gasteiger charge is -2.31. The maximum Gasteiger partial charge on any atom is 0.417 e. The standard InChI is InChI=1S/C30H26F4N6O2/c1-3-27(41)38-26-10-4-7-21(37-26)8-5-15-39(22-13-11-20(31)12-14-22)29(42)25-9-6-16-40(25)28-23(18-35)24(30(32,33)34)17-19(2)36-28/h4,7,10-14,17,25H,3,6,9,15-16H2,1-2H3,(H,37,38,41)/t25-/m0/s1. The van der Waals surface area contributed by atoms with Crippen LogP contribution in [0, 0.1) is 35.9 Å². The van der Waals surface area contributed by atoms with E-state index in [9.17, 15) is 32.4 Å². The minimum Gasteiger partial charge on any atom is -0.343 e. The zero-order valence-corrected chi connectivity index (χ0v) is 22.8. The van der Waals surface area contributed by atoms with Crippen LogP contribution < -0.4 is 15.1 Å². The van der Waals surface area contributed by atoms with Gasteiger partial charge in [-0.2, -0.15) is 18.4 Å². The Morgan fingerprint density at radius 1 is 1.17 bits per heavy atom. The van der Waals surface area contributed by atoms with Crippen molar-refractivity contribution < 1.29 is 27.2 Å². The largest absolute Gasteiger partial charge is 0.417 e. The summed E-state index contributed by atoms with van der Waals surface area (Å²) in [4.78, 5) is 36.9. The number of nitrogens with zero attached hydrogens (tertiary/aromatic N) is 5. The van der Waals surface area contributed by atoms with Crippen molar-refractivity contribution in [3.8, 4) is 17.9 Å². The van der Waals surface area contributed by atoms with E-state index >= 15 is 0 Å². The Morgan fingerprint density at radius 3 is 2.57 bits per heavy atom. The van der Waals surface area contributed by atoms with Crippen molar-refractivity contribution in [3.05, 3.63) is 76.9 Å². The Hall–Kier alpha value is -4.97. The number of halogens is 4. The van der Waals surface area contributed by atoms with Gasteiger partial charge in [0.05, 0.1) is 12.1 Å². The van der Waals surface area contributed by atoms with Crippen molar-refractivity contribution in [2.24, 2.45) is 0 Å². The van der Waals surface area contributed by atoms with Crippen LogP contribution in [-0.4, -0.2) is 40.9 Å². The van der Waals surface area contributed by atoms with Crippen molar-refractivity contribution in [1.82, 2.24) is 9.97 Å². The number of pyridine rings is 2. The van der Waals surface area contributed by atoms with Gasteiger partial charge in [-0.3, -0.25) is 14.5 Å². The lowest BCUT2D eigenvalue weighted by Crippen LogP contribution is -2.47. The second-order valence-electron chi connectivity index (χ2n) is 9.48. The number of hydrogen-bond acceptors (Lipinski definition) is 6. The van der Waals surface area contributed by atoms with E-state index in [1.165, 1.54) is 41.0 Å². The predicted molar refractivity (Wildman–Crippen MR) is 148 cm³/mol. The topological polar surface area (TPSA) is 102 Å². The summed E-state index contributed by atoms with van der Waals surface area (Å²) in [5, 5.41) is 12.3. The summed E-state index contributed by atoms with van der Waals surface area (Å²) in [6.07, 6.45) is -3.74. The van der Waals surface area contributed by atoms with Gasteiger partial charge >= 0.3 is 6.18 Å². The molecule has 1 aliphatic rings. The molecule has 1 saturated heterocycles. The summed E-state index contributed by atoms with van der Waals surface area (Å²) >= 11 is 0. The molecule has 0 radical (unpaired) electrons. The van der Waals surface area contributed by atoms with Gasteiger partial charge in [0.1, 0.15) is 40.8 Å². The van der Waals surface area contributed by atoms with E-state index in [1.807, 2.05) is 0 Å². The average molecular weight is 579 g/mol. The first-order valence-corrected chi connectivity index (χ1v) is 13.1. The van der Waals surface area contributed by atoms with Crippen LogP contribution in [0.25, 0.3) is 0 Å². The number of carbonyl (C=O) groups excluding carboxylic acids is 2. The summed E-state index contributed by atoms with van der Waals surface area (Å²) in [5.74, 6) is 4.62. The maximum absolute atomic E-state index is 14.0. The SMILES string of the molecule is CCC(=O)Nc1cccc(C#CCN(C(=O)[C@@H]2CCCN2c2nc(C)cc(C(F)(F)F)c2C#N)c2ccc(F)cc2)n1. The number of benzene rings is 1. The van der Waals surface area contributed by atoms with Gasteiger partial charge in [-0.05, 0) is 68.2 Å². The molecule has 1 fully saturated rings. The van der Waals surface area contributed by atoms with Gasteiger partial charge in [0, 0.05) is 24.3 Å². The van der Waals surface area contributed by atoms with Crippen LogP contribution in [0.2, 0.25) is 0 Å². The highest BCUT2D eigenvalue weighted by molar-refractivity contribution is 6.00. The number of hydrogen-bond donors (Lipinski definition) is 1. The van der Waals surface area contributed by atoms with Crippen LogP contribution in [0.1, 0.15) is 48.7 Å². The minimum absolute atomic E-state index is 0.0561. The van der Waals surface area contributed by atoms with Crippen LogP contribution in [0.15, 0.2) is 48.5 Å². The minimum atomic E-state index is -4.78. The molecule has 216 valence electrons. The number of anilines is 3. The highest BCUT2D eigenvalue weighted by atomic mass is 19.4. The number of aryl methyl sites for hydroxylation is 1. The molecule has 2 aromatic heterocycles. The second kappa shape index (κ2) is 12.7. The van der Waals surface area contributed by atoms with Gasteiger partial charge < -0.3 is 10.2 Å². The zero-order chi connectivity index (χ0) is 30.4. The van der Waals surface area contributed by atoms with Gasteiger partial charge in [-0.1, -0.05) is 18.9 Å². The number of alkyl halides is 3. The number of amides is 2. The van der Waals surface area contributed by atoms with Gasteiger partial charge in [0.25, 0.3) is 5.91 Å². The number of rotatable bonds is 6. The van der Waals surface area contributed by atoms with Gasteiger partial charge in [-0.15, -0.1) is 0 Å². The van der Waals surface area contributed by atoms with E-state index < -0.39 is 35.1 Å². The number of aromatic nitrogens is 2. The molecule has 1 aromatic carbocycles. The molecular formula is C30H26F4N6O2. The Morgan fingerprint density at radius 2 is 1.90 bits per heavy atom. The Balaban J connectivity index is 1.67. The quantitative estimate of drug-likeness (QED) is 0.318.